The van der Waals surface area contributed by atoms with Gasteiger partial charge in [0, 0.05) is 31.7 Å². The van der Waals surface area contributed by atoms with Crippen molar-refractivity contribution in [3.63, 3.8) is 0 Å². The Morgan fingerprint density at radius 2 is 1.92 bits per heavy atom. The Morgan fingerprint density at radius 3 is 2.62 bits per heavy atom. The van der Waals surface area contributed by atoms with Gasteiger partial charge in [0.05, 0.1) is 0 Å². The Bertz CT molecular complexity index is 179. The first-order chi connectivity index (χ1) is 6.18. The molecule has 0 saturated carbocycles. The van der Waals surface area contributed by atoms with Crippen LogP contribution in [0.4, 0.5) is 0 Å². The van der Waals surface area contributed by atoms with Gasteiger partial charge in [-0.05, 0) is 25.8 Å². The molecular weight excluding hydrogens is 160 g/mol. The summed E-state index contributed by atoms with van der Waals surface area (Å²) in [5, 5.41) is 0. The van der Waals surface area contributed by atoms with Crippen molar-refractivity contribution >= 4 is 0 Å². The quantitative estimate of drug-likeness (QED) is 0.605. The maximum atomic E-state index is 2.75. The van der Waals surface area contributed by atoms with Crippen LogP contribution >= 0.6 is 0 Å². The molecule has 0 radical (unpaired) electrons. The average molecular weight is 182 g/mol. The van der Waals surface area contributed by atoms with Crippen LogP contribution in [0, 0.1) is 5.92 Å². The lowest BCUT2D eigenvalue weighted by Gasteiger charge is -2.39. The fourth-order valence-corrected chi connectivity index (χ4v) is 2.96. The van der Waals surface area contributed by atoms with Gasteiger partial charge < -0.3 is 4.90 Å². The standard InChI is InChI=1S/C11H22N2/c1-9(2)11-5-4-10-8-12(3)6-7-13(10)11/h9-11H,4-8H2,1-3H3. The molecule has 2 saturated heterocycles. The Hall–Kier alpha value is -0.0800. The van der Waals surface area contributed by atoms with Gasteiger partial charge in [-0.2, -0.15) is 0 Å². The van der Waals surface area contributed by atoms with Gasteiger partial charge in [-0.25, -0.2) is 0 Å². The first-order valence-electron chi connectivity index (χ1n) is 5.63. The highest BCUT2D eigenvalue weighted by Crippen LogP contribution is 2.30. The predicted octanol–water partition coefficient (Wildman–Crippen LogP) is 1.42. The number of fused-ring (bicyclic) bond motifs is 1. The highest BCUT2D eigenvalue weighted by atomic mass is 15.3. The molecule has 76 valence electrons. The molecule has 0 aromatic rings. The summed E-state index contributed by atoms with van der Waals surface area (Å²) in [5.74, 6) is 0.841. The second-order valence-corrected chi connectivity index (χ2v) is 5.04. The van der Waals surface area contributed by atoms with Gasteiger partial charge in [0.15, 0.2) is 0 Å². The highest BCUT2D eigenvalue weighted by Gasteiger charge is 2.37. The molecule has 0 amide bonds. The predicted molar refractivity (Wildman–Crippen MR) is 55.9 cm³/mol. The third-order valence-electron chi connectivity index (χ3n) is 3.72. The number of rotatable bonds is 1. The van der Waals surface area contributed by atoms with E-state index in [-0.39, 0.29) is 0 Å². The fourth-order valence-electron chi connectivity index (χ4n) is 2.96. The molecule has 0 aromatic carbocycles. The van der Waals surface area contributed by atoms with Gasteiger partial charge in [0.1, 0.15) is 0 Å². The summed E-state index contributed by atoms with van der Waals surface area (Å²) in [6.45, 7) is 8.59. The minimum atomic E-state index is 0.841. The number of piperazine rings is 1. The van der Waals surface area contributed by atoms with Crippen LogP contribution in [0.25, 0.3) is 0 Å². The Morgan fingerprint density at radius 1 is 1.15 bits per heavy atom. The van der Waals surface area contributed by atoms with Crippen molar-refractivity contribution < 1.29 is 0 Å². The third kappa shape index (κ3) is 1.75. The van der Waals surface area contributed by atoms with E-state index in [1.165, 1.54) is 32.5 Å². The zero-order valence-electron chi connectivity index (χ0n) is 9.16. The summed E-state index contributed by atoms with van der Waals surface area (Å²) in [4.78, 5) is 5.23. The largest absolute Gasteiger partial charge is 0.304 e. The molecule has 2 fully saturated rings. The first kappa shape index (κ1) is 9.47. The van der Waals surface area contributed by atoms with E-state index in [1.807, 2.05) is 0 Å². The zero-order chi connectivity index (χ0) is 9.42. The molecule has 2 unspecified atom stereocenters. The van der Waals surface area contributed by atoms with Crippen LogP contribution in [-0.2, 0) is 0 Å². The molecule has 0 aliphatic carbocycles. The van der Waals surface area contributed by atoms with Crippen molar-refractivity contribution in [2.75, 3.05) is 26.7 Å². The Balaban J connectivity index is 2.00. The van der Waals surface area contributed by atoms with Crippen LogP contribution in [0.2, 0.25) is 0 Å². The van der Waals surface area contributed by atoms with Crippen LogP contribution in [0.1, 0.15) is 26.7 Å². The van der Waals surface area contributed by atoms with E-state index in [0.29, 0.717) is 0 Å². The maximum absolute atomic E-state index is 2.75. The minimum absolute atomic E-state index is 0.841. The molecule has 13 heavy (non-hydrogen) atoms. The molecule has 2 heterocycles. The number of likely N-dealkylation sites (N-methyl/N-ethyl adjacent to an activating group) is 1. The van der Waals surface area contributed by atoms with Crippen LogP contribution in [0.15, 0.2) is 0 Å². The fraction of sp³-hybridized carbons (Fsp3) is 1.00. The Labute approximate surface area is 81.9 Å². The van der Waals surface area contributed by atoms with Crippen LogP contribution in [0.5, 0.6) is 0 Å². The summed E-state index contributed by atoms with van der Waals surface area (Å²) in [6.07, 6.45) is 2.85. The summed E-state index contributed by atoms with van der Waals surface area (Å²) in [6, 6.07) is 1.74. The number of hydrogen-bond donors (Lipinski definition) is 0. The molecule has 2 atom stereocenters. The third-order valence-corrected chi connectivity index (χ3v) is 3.72. The van der Waals surface area contributed by atoms with Crippen molar-refractivity contribution in [3.05, 3.63) is 0 Å². The van der Waals surface area contributed by atoms with E-state index in [9.17, 15) is 0 Å². The van der Waals surface area contributed by atoms with Gasteiger partial charge in [0.25, 0.3) is 0 Å². The SMILES string of the molecule is CC(C)C1CCC2CN(C)CCN21. The molecule has 2 aliphatic heterocycles. The molecule has 2 rings (SSSR count). The lowest BCUT2D eigenvalue weighted by Crippen LogP contribution is -2.52. The lowest BCUT2D eigenvalue weighted by atomic mass is 10.0. The lowest BCUT2D eigenvalue weighted by molar-refractivity contribution is 0.0778. The van der Waals surface area contributed by atoms with Crippen LogP contribution in [0.3, 0.4) is 0 Å². The summed E-state index contributed by atoms with van der Waals surface area (Å²) >= 11 is 0. The maximum Gasteiger partial charge on any atom is 0.0227 e. The minimum Gasteiger partial charge on any atom is -0.304 e. The highest BCUT2D eigenvalue weighted by molar-refractivity contribution is 4.93. The van der Waals surface area contributed by atoms with Gasteiger partial charge in [-0.15, -0.1) is 0 Å². The van der Waals surface area contributed by atoms with E-state index >= 15 is 0 Å². The van der Waals surface area contributed by atoms with E-state index in [2.05, 4.69) is 30.7 Å². The Kier molecular flexibility index (Phi) is 2.61. The second kappa shape index (κ2) is 3.58. The zero-order valence-corrected chi connectivity index (χ0v) is 9.16. The first-order valence-corrected chi connectivity index (χ1v) is 5.63. The van der Waals surface area contributed by atoms with E-state index in [0.717, 1.165) is 18.0 Å². The van der Waals surface area contributed by atoms with Crippen molar-refractivity contribution in [1.82, 2.24) is 9.80 Å². The van der Waals surface area contributed by atoms with Crippen molar-refractivity contribution in [2.24, 2.45) is 5.92 Å². The molecule has 0 N–H and O–H groups in total. The molecular formula is C11H22N2. The molecule has 2 aliphatic rings. The van der Waals surface area contributed by atoms with Crippen LogP contribution in [-0.4, -0.2) is 48.6 Å². The monoisotopic (exact) mass is 182 g/mol. The summed E-state index contributed by atoms with van der Waals surface area (Å²) < 4.78 is 0. The van der Waals surface area contributed by atoms with E-state index < -0.39 is 0 Å². The van der Waals surface area contributed by atoms with Crippen molar-refractivity contribution in [1.29, 1.82) is 0 Å². The molecule has 0 bridgehead atoms. The second-order valence-electron chi connectivity index (χ2n) is 5.04. The normalized spacial score (nSPS) is 36.9. The van der Waals surface area contributed by atoms with Gasteiger partial charge >= 0.3 is 0 Å². The van der Waals surface area contributed by atoms with Crippen LogP contribution < -0.4 is 0 Å². The summed E-state index contributed by atoms with van der Waals surface area (Å²) in [5.41, 5.74) is 0. The number of nitrogens with zero attached hydrogens (tertiary/aromatic N) is 2. The van der Waals surface area contributed by atoms with E-state index in [4.69, 9.17) is 0 Å². The van der Waals surface area contributed by atoms with Gasteiger partial charge in [-0.1, -0.05) is 13.8 Å². The summed E-state index contributed by atoms with van der Waals surface area (Å²) in [7, 11) is 2.25. The van der Waals surface area contributed by atoms with E-state index in [1.54, 1.807) is 0 Å². The molecule has 0 aromatic heterocycles. The number of hydrogen-bond acceptors (Lipinski definition) is 2. The molecule has 2 nitrogen and oxygen atoms in total. The smallest absolute Gasteiger partial charge is 0.0227 e. The topological polar surface area (TPSA) is 6.48 Å². The molecule has 0 spiro atoms. The van der Waals surface area contributed by atoms with Gasteiger partial charge in [-0.3, -0.25) is 4.90 Å². The molecule has 2 heteroatoms. The van der Waals surface area contributed by atoms with Crippen molar-refractivity contribution in [2.45, 2.75) is 38.8 Å². The van der Waals surface area contributed by atoms with Crippen molar-refractivity contribution in [3.8, 4) is 0 Å². The average Bonchev–Trinajstić information content (AvgIpc) is 2.46. The van der Waals surface area contributed by atoms with Gasteiger partial charge in [0.2, 0.25) is 0 Å².